The van der Waals surface area contributed by atoms with Crippen LogP contribution in [0.25, 0.3) is 0 Å². The second-order valence-electron chi connectivity index (χ2n) is 11.7. The Morgan fingerprint density at radius 2 is 1.92 bits per heavy atom. The average Bonchev–Trinajstić information content (AvgIpc) is 3.43. The van der Waals surface area contributed by atoms with Gasteiger partial charge in [-0.15, -0.1) is 0 Å². The molecule has 2 aromatic rings. The Kier molecular flexibility index (Phi) is 8.27. The van der Waals surface area contributed by atoms with Gasteiger partial charge in [0.05, 0.1) is 24.1 Å². The summed E-state index contributed by atoms with van der Waals surface area (Å²) in [6, 6.07) is 13.7. The molecule has 1 aliphatic carbocycles. The molecule has 1 amide bonds. The van der Waals surface area contributed by atoms with Crippen LogP contribution in [0.15, 0.2) is 42.5 Å². The summed E-state index contributed by atoms with van der Waals surface area (Å²) in [6.07, 6.45) is 4.84. The Bertz CT molecular complexity index is 1190. The molecule has 3 aliphatic rings. The van der Waals surface area contributed by atoms with Gasteiger partial charge in [0.15, 0.2) is 6.73 Å². The van der Waals surface area contributed by atoms with E-state index in [1.807, 2.05) is 42.2 Å². The van der Waals surface area contributed by atoms with Crippen molar-refractivity contribution in [1.82, 2.24) is 9.80 Å². The smallest absolute Gasteiger partial charge is 0.338 e. The molecule has 2 aliphatic heterocycles. The number of benzene rings is 2. The van der Waals surface area contributed by atoms with E-state index in [4.69, 9.17) is 9.47 Å². The standard InChI is InChI=1S/C32H41FN2O4/c1-4-38-30(36)26-7-5-6-25(17-26)24-11-14-34(15-12-24)28-10-13-32(18-28,22(2)3)31(37)35-20-27-16-23(19-33)8-9-29(27)39-21-35/h5-9,16-17,22,24,28H,4,10-15,18-21H2,1-3H3/t28-,32+/m1/s1. The molecular weight excluding hydrogens is 495 g/mol. The Morgan fingerprint density at radius 1 is 1.13 bits per heavy atom. The molecule has 7 heteroatoms. The number of ether oxygens (including phenoxy) is 2. The third-order valence-corrected chi connectivity index (χ3v) is 9.27. The number of halogens is 1. The molecule has 0 radical (unpaired) electrons. The van der Waals surface area contributed by atoms with Crippen molar-refractivity contribution in [2.45, 2.75) is 78.1 Å². The summed E-state index contributed by atoms with van der Waals surface area (Å²) in [5.74, 6) is 1.30. The third-order valence-electron chi connectivity index (χ3n) is 9.27. The van der Waals surface area contributed by atoms with Crippen LogP contribution in [0.1, 0.15) is 85.8 Å². The summed E-state index contributed by atoms with van der Waals surface area (Å²) in [5.41, 5.74) is 2.92. The van der Waals surface area contributed by atoms with Gasteiger partial charge in [0.25, 0.3) is 0 Å². The van der Waals surface area contributed by atoms with E-state index in [-0.39, 0.29) is 24.5 Å². The van der Waals surface area contributed by atoms with E-state index in [1.165, 1.54) is 5.56 Å². The highest BCUT2D eigenvalue weighted by Gasteiger charge is 2.51. The number of esters is 1. The predicted octanol–water partition coefficient (Wildman–Crippen LogP) is 6.09. The molecule has 0 unspecified atom stereocenters. The van der Waals surface area contributed by atoms with Crippen LogP contribution >= 0.6 is 0 Å². The van der Waals surface area contributed by atoms with Gasteiger partial charge in [0, 0.05) is 11.6 Å². The Morgan fingerprint density at radius 3 is 2.64 bits per heavy atom. The molecule has 1 saturated heterocycles. The molecule has 5 rings (SSSR count). The van der Waals surface area contributed by atoms with Gasteiger partial charge < -0.3 is 19.3 Å². The molecule has 0 N–H and O–H groups in total. The van der Waals surface area contributed by atoms with Gasteiger partial charge in [-0.2, -0.15) is 0 Å². The first-order valence-electron chi connectivity index (χ1n) is 14.5. The minimum absolute atomic E-state index is 0.168. The zero-order valence-electron chi connectivity index (χ0n) is 23.5. The second-order valence-corrected chi connectivity index (χ2v) is 11.7. The maximum absolute atomic E-state index is 14.0. The molecule has 0 aromatic heterocycles. The molecule has 0 spiro atoms. The lowest BCUT2D eigenvalue weighted by Gasteiger charge is -2.41. The van der Waals surface area contributed by atoms with Crippen LogP contribution in [0.3, 0.4) is 0 Å². The van der Waals surface area contributed by atoms with E-state index < -0.39 is 12.1 Å². The minimum Gasteiger partial charge on any atom is -0.473 e. The van der Waals surface area contributed by atoms with Crippen LogP contribution < -0.4 is 4.74 Å². The van der Waals surface area contributed by atoms with Crippen molar-refractivity contribution < 1.29 is 23.5 Å². The lowest BCUT2D eigenvalue weighted by molar-refractivity contribution is -0.150. The number of nitrogens with zero attached hydrogens (tertiary/aromatic N) is 2. The van der Waals surface area contributed by atoms with Gasteiger partial charge in [-0.25, -0.2) is 9.18 Å². The first-order chi connectivity index (χ1) is 18.8. The summed E-state index contributed by atoms with van der Waals surface area (Å²) in [5, 5.41) is 0. The fourth-order valence-corrected chi connectivity index (χ4v) is 6.88. The maximum atomic E-state index is 14.0. The topological polar surface area (TPSA) is 59.1 Å². The van der Waals surface area contributed by atoms with E-state index in [1.54, 1.807) is 6.07 Å². The fourth-order valence-electron chi connectivity index (χ4n) is 6.88. The second kappa shape index (κ2) is 11.7. The van der Waals surface area contributed by atoms with Gasteiger partial charge in [0.2, 0.25) is 5.91 Å². The number of hydrogen-bond acceptors (Lipinski definition) is 5. The van der Waals surface area contributed by atoms with E-state index in [0.717, 1.165) is 56.5 Å². The molecule has 2 aromatic carbocycles. The molecule has 210 valence electrons. The summed E-state index contributed by atoms with van der Waals surface area (Å²) in [7, 11) is 0. The lowest BCUT2D eigenvalue weighted by Crippen LogP contribution is -2.49. The number of hydrogen-bond donors (Lipinski definition) is 0. The van der Waals surface area contributed by atoms with Gasteiger partial charge in [-0.3, -0.25) is 4.79 Å². The monoisotopic (exact) mass is 536 g/mol. The Hall–Kier alpha value is -2.93. The zero-order chi connectivity index (χ0) is 27.6. The van der Waals surface area contributed by atoms with Gasteiger partial charge in [-0.1, -0.05) is 32.0 Å². The number of piperidine rings is 1. The third kappa shape index (κ3) is 5.56. The summed E-state index contributed by atoms with van der Waals surface area (Å²) >= 11 is 0. The van der Waals surface area contributed by atoms with Gasteiger partial charge in [0.1, 0.15) is 12.4 Å². The SMILES string of the molecule is CCOC(=O)c1cccc(C2CCN([C@@H]3CC[C@@](C(=O)N4COc5ccc(CF)cc5C4)(C(C)C)C3)CC2)c1. The van der Waals surface area contributed by atoms with E-state index in [2.05, 4.69) is 24.8 Å². The number of carbonyl (C=O) groups excluding carboxylic acids is 2. The van der Waals surface area contributed by atoms with E-state index >= 15 is 0 Å². The van der Waals surface area contributed by atoms with Crippen molar-refractivity contribution in [1.29, 1.82) is 0 Å². The Labute approximate surface area is 231 Å². The maximum Gasteiger partial charge on any atom is 0.338 e. The van der Waals surface area contributed by atoms with Crippen LogP contribution in [0, 0.1) is 11.3 Å². The first-order valence-corrected chi connectivity index (χ1v) is 14.5. The highest BCUT2D eigenvalue weighted by atomic mass is 19.1. The number of likely N-dealkylation sites (tertiary alicyclic amines) is 1. The van der Waals surface area contributed by atoms with Crippen molar-refractivity contribution in [3.05, 3.63) is 64.7 Å². The summed E-state index contributed by atoms with van der Waals surface area (Å²) in [4.78, 5) is 30.6. The van der Waals surface area contributed by atoms with Crippen molar-refractivity contribution in [3.63, 3.8) is 0 Å². The zero-order valence-corrected chi connectivity index (χ0v) is 23.5. The predicted molar refractivity (Wildman–Crippen MR) is 148 cm³/mol. The molecular formula is C32H41FN2O4. The molecule has 0 bridgehead atoms. The van der Waals surface area contributed by atoms with Gasteiger partial charge in [-0.05, 0) is 99.3 Å². The van der Waals surface area contributed by atoms with Crippen molar-refractivity contribution in [3.8, 4) is 5.75 Å². The van der Waals surface area contributed by atoms with Gasteiger partial charge >= 0.3 is 5.97 Å². The van der Waals surface area contributed by atoms with Crippen LogP contribution in [0.4, 0.5) is 4.39 Å². The number of alkyl halides is 1. The normalized spacial score (nSPS) is 23.9. The van der Waals surface area contributed by atoms with Crippen LogP contribution in [-0.4, -0.2) is 54.1 Å². The molecule has 6 nitrogen and oxygen atoms in total. The Balaban J connectivity index is 1.22. The largest absolute Gasteiger partial charge is 0.473 e. The molecule has 2 atom stereocenters. The lowest BCUT2D eigenvalue weighted by atomic mass is 9.74. The number of amides is 1. The van der Waals surface area contributed by atoms with Crippen molar-refractivity contribution >= 4 is 11.9 Å². The van der Waals surface area contributed by atoms with Crippen LogP contribution in [-0.2, 0) is 22.8 Å². The minimum atomic E-state index is -0.521. The number of rotatable bonds is 7. The molecule has 2 heterocycles. The molecule has 39 heavy (non-hydrogen) atoms. The highest BCUT2D eigenvalue weighted by Crippen LogP contribution is 2.48. The van der Waals surface area contributed by atoms with Crippen molar-refractivity contribution in [2.75, 3.05) is 26.4 Å². The number of fused-ring (bicyclic) bond motifs is 1. The summed E-state index contributed by atoms with van der Waals surface area (Å²) in [6.45, 7) is 8.72. The fraction of sp³-hybridized carbons (Fsp3) is 0.562. The quantitative estimate of drug-likeness (QED) is 0.401. The number of carbonyl (C=O) groups is 2. The van der Waals surface area contributed by atoms with E-state index in [0.29, 0.717) is 36.2 Å². The van der Waals surface area contributed by atoms with Crippen LogP contribution in [0.5, 0.6) is 5.75 Å². The van der Waals surface area contributed by atoms with Crippen molar-refractivity contribution in [2.24, 2.45) is 11.3 Å². The average molecular weight is 537 g/mol. The van der Waals surface area contributed by atoms with E-state index in [9.17, 15) is 14.0 Å². The first kappa shape index (κ1) is 27.6. The summed E-state index contributed by atoms with van der Waals surface area (Å²) < 4.78 is 24.3. The highest BCUT2D eigenvalue weighted by molar-refractivity contribution is 5.89. The molecule has 2 fully saturated rings. The van der Waals surface area contributed by atoms with Crippen LogP contribution in [0.2, 0.25) is 0 Å². The molecule has 1 saturated carbocycles.